The highest BCUT2D eigenvalue weighted by Crippen LogP contribution is 2.21. The number of aryl methyl sites for hydroxylation is 1. The summed E-state index contributed by atoms with van der Waals surface area (Å²) in [5.41, 5.74) is 0.910. The molecule has 0 aromatic heterocycles. The first-order valence-electron chi connectivity index (χ1n) is 8.62. The number of hydrogen-bond donors (Lipinski definition) is 0. The minimum absolute atomic E-state index is 0.0131. The van der Waals surface area contributed by atoms with Gasteiger partial charge in [-0.2, -0.15) is 0 Å². The van der Waals surface area contributed by atoms with Crippen molar-refractivity contribution in [2.45, 2.75) is 25.9 Å². The third-order valence-electron chi connectivity index (χ3n) is 4.64. The molecule has 0 spiro atoms. The molecule has 25 heavy (non-hydrogen) atoms. The van der Waals surface area contributed by atoms with Gasteiger partial charge in [-0.3, -0.25) is 9.59 Å². The average molecular weight is 367 g/mol. The zero-order valence-electron chi connectivity index (χ0n) is 14.4. The van der Waals surface area contributed by atoms with E-state index in [0.717, 1.165) is 18.4 Å². The normalized spacial score (nSPS) is 20.6. The number of piperazine rings is 1. The number of amides is 2. The van der Waals surface area contributed by atoms with Crippen molar-refractivity contribution in [3.63, 3.8) is 0 Å². The molecule has 2 aliphatic heterocycles. The van der Waals surface area contributed by atoms with Crippen molar-refractivity contribution >= 4 is 23.4 Å². The van der Waals surface area contributed by atoms with E-state index >= 15 is 0 Å². The van der Waals surface area contributed by atoms with Crippen LogP contribution >= 0.6 is 11.6 Å². The van der Waals surface area contributed by atoms with E-state index in [1.807, 2.05) is 13.0 Å². The van der Waals surface area contributed by atoms with Gasteiger partial charge in [0.2, 0.25) is 0 Å². The highest BCUT2D eigenvalue weighted by Gasteiger charge is 2.31. The maximum Gasteiger partial charge on any atom is 0.260 e. The van der Waals surface area contributed by atoms with Crippen molar-refractivity contribution in [3.8, 4) is 5.75 Å². The predicted molar refractivity (Wildman–Crippen MR) is 93.8 cm³/mol. The second-order valence-corrected chi connectivity index (χ2v) is 6.81. The van der Waals surface area contributed by atoms with Crippen molar-refractivity contribution < 1.29 is 19.1 Å². The van der Waals surface area contributed by atoms with E-state index in [1.54, 1.807) is 21.9 Å². The predicted octanol–water partition coefficient (Wildman–Crippen LogP) is 1.88. The Morgan fingerprint density at radius 2 is 1.96 bits per heavy atom. The Labute approximate surface area is 152 Å². The maximum atomic E-state index is 12.3. The Morgan fingerprint density at radius 1 is 1.24 bits per heavy atom. The molecule has 3 rings (SSSR count). The van der Waals surface area contributed by atoms with Crippen LogP contribution in [0.2, 0.25) is 5.02 Å². The first-order valence-corrected chi connectivity index (χ1v) is 8.99. The van der Waals surface area contributed by atoms with Gasteiger partial charge < -0.3 is 19.3 Å². The molecule has 0 N–H and O–H groups in total. The molecule has 2 aliphatic rings. The lowest BCUT2D eigenvalue weighted by Crippen LogP contribution is -2.53. The van der Waals surface area contributed by atoms with E-state index in [9.17, 15) is 9.59 Å². The molecule has 0 bridgehead atoms. The number of rotatable bonds is 4. The quantitative estimate of drug-likeness (QED) is 0.816. The first kappa shape index (κ1) is 18.0. The van der Waals surface area contributed by atoms with Crippen LogP contribution in [-0.2, 0) is 14.3 Å². The van der Waals surface area contributed by atoms with E-state index in [2.05, 4.69) is 0 Å². The van der Waals surface area contributed by atoms with E-state index < -0.39 is 0 Å². The van der Waals surface area contributed by atoms with Gasteiger partial charge in [-0.05, 0) is 43.5 Å². The van der Waals surface area contributed by atoms with Gasteiger partial charge in [-0.15, -0.1) is 0 Å². The van der Waals surface area contributed by atoms with Crippen LogP contribution in [0.4, 0.5) is 0 Å². The zero-order chi connectivity index (χ0) is 17.8. The Morgan fingerprint density at radius 3 is 2.60 bits per heavy atom. The smallest absolute Gasteiger partial charge is 0.260 e. The summed E-state index contributed by atoms with van der Waals surface area (Å²) >= 11 is 5.98. The number of ether oxygens (including phenoxy) is 2. The molecule has 1 aromatic carbocycles. The van der Waals surface area contributed by atoms with Gasteiger partial charge in [0.25, 0.3) is 11.8 Å². The Hall–Kier alpha value is -1.79. The highest BCUT2D eigenvalue weighted by atomic mass is 35.5. The lowest BCUT2D eigenvalue weighted by molar-refractivity contribution is -0.146. The van der Waals surface area contributed by atoms with Crippen LogP contribution in [0.1, 0.15) is 18.4 Å². The number of nitrogens with zero attached hydrogens (tertiary/aromatic N) is 2. The molecule has 7 heteroatoms. The molecule has 0 radical (unpaired) electrons. The van der Waals surface area contributed by atoms with E-state index in [0.29, 0.717) is 43.6 Å². The molecule has 1 aromatic rings. The molecule has 2 heterocycles. The molecular weight excluding hydrogens is 344 g/mol. The number of benzene rings is 1. The summed E-state index contributed by atoms with van der Waals surface area (Å²) in [5.74, 6) is 0.608. The lowest BCUT2D eigenvalue weighted by Gasteiger charge is -2.35. The fourth-order valence-electron chi connectivity index (χ4n) is 3.10. The molecule has 2 saturated heterocycles. The summed E-state index contributed by atoms with van der Waals surface area (Å²) < 4.78 is 11.0. The van der Waals surface area contributed by atoms with Gasteiger partial charge in [0.1, 0.15) is 11.9 Å². The fourth-order valence-corrected chi connectivity index (χ4v) is 3.21. The number of halogens is 1. The molecule has 1 unspecified atom stereocenters. The van der Waals surface area contributed by atoms with Crippen molar-refractivity contribution in [1.29, 1.82) is 0 Å². The molecule has 0 aliphatic carbocycles. The van der Waals surface area contributed by atoms with Gasteiger partial charge in [0.15, 0.2) is 6.61 Å². The largest absolute Gasteiger partial charge is 0.484 e. The van der Waals surface area contributed by atoms with E-state index in [-0.39, 0.29) is 24.5 Å². The van der Waals surface area contributed by atoms with Gasteiger partial charge >= 0.3 is 0 Å². The van der Waals surface area contributed by atoms with Gasteiger partial charge in [-0.1, -0.05) is 11.6 Å². The third-order valence-corrected chi connectivity index (χ3v) is 5.06. The summed E-state index contributed by atoms with van der Waals surface area (Å²) in [5, 5.41) is 0.672. The van der Waals surface area contributed by atoms with Crippen LogP contribution in [0.5, 0.6) is 5.75 Å². The summed E-state index contributed by atoms with van der Waals surface area (Å²) in [4.78, 5) is 28.1. The zero-order valence-corrected chi connectivity index (χ0v) is 15.1. The topological polar surface area (TPSA) is 59.1 Å². The third kappa shape index (κ3) is 4.44. The SMILES string of the molecule is Cc1cc(OCC(=O)N2CCN(C(=O)C3CCCO3)CC2)ccc1Cl. The molecule has 0 saturated carbocycles. The Kier molecular flexibility index (Phi) is 5.81. The molecule has 2 amide bonds. The van der Waals surface area contributed by atoms with Crippen LogP contribution < -0.4 is 4.74 Å². The van der Waals surface area contributed by atoms with Crippen LogP contribution in [0.25, 0.3) is 0 Å². The van der Waals surface area contributed by atoms with Crippen LogP contribution in [0.15, 0.2) is 18.2 Å². The monoisotopic (exact) mass is 366 g/mol. The molecule has 136 valence electrons. The Balaban J connectivity index is 1.44. The molecule has 6 nitrogen and oxygen atoms in total. The standard InChI is InChI=1S/C18H23ClN2O4/c1-13-11-14(4-5-15(13)19)25-12-17(22)20-6-8-21(9-7-20)18(23)16-3-2-10-24-16/h4-5,11,16H,2-3,6-10,12H2,1H3. The number of carbonyl (C=O) groups is 2. The number of carbonyl (C=O) groups excluding carboxylic acids is 2. The van der Waals surface area contributed by atoms with Crippen molar-refractivity contribution in [1.82, 2.24) is 9.80 Å². The minimum atomic E-state index is -0.293. The Bertz CT molecular complexity index is 638. The van der Waals surface area contributed by atoms with Crippen LogP contribution in [0, 0.1) is 6.92 Å². The van der Waals surface area contributed by atoms with Crippen LogP contribution in [0.3, 0.4) is 0 Å². The van der Waals surface area contributed by atoms with Gasteiger partial charge in [0.05, 0.1) is 0 Å². The van der Waals surface area contributed by atoms with Crippen molar-refractivity contribution in [2.75, 3.05) is 39.4 Å². The van der Waals surface area contributed by atoms with E-state index in [4.69, 9.17) is 21.1 Å². The number of hydrogen-bond acceptors (Lipinski definition) is 4. The molecular formula is C18H23ClN2O4. The second-order valence-electron chi connectivity index (χ2n) is 6.41. The summed E-state index contributed by atoms with van der Waals surface area (Å²) in [7, 11) is 0. The fraction of sp³-hybridized carbons (Fsp3) is 0.556. The van der Waals surface area contributed by atoms with Crippen molar-refractivity contribution in [2.24, 2.45) is 0 Å². The maximum absolute atomic E-state index is 12.3. The summed E-state index contributed by atoms with van der Waals surface area (Å²) in [6.07, 6.45) is 1.45. The average Bonchev–Trinajstić information content (AvgIpc) is 3.16. The molecule has 1 atom stereocenters. The van der Waals surface area contributed by atoms with Gasteiger partial charge in [-0.25, -0.2) is 0 Å². The summed E-state index contributed by atoms with van der Waals surface area (Å²) in [6, 6.07) is 5.32. The highest BCUT2D eigenvalue weighted by molar-refractivity contribution is 6.31. The second kappa shape index (κ2) is 8.06. The summed E-state index contributed by atoms with van der Waals surface area (Å²) in [6.45, 7) is 4.69. The van der Waals surface area contributed by atoms with E-state index in [1.165, 1.54) is 0 Å². The lowest BCUT2D eigenvalue weighted by atomic mass is 10.2. The minimum Gasteiger partial charge on any atom is -0.484 e. The molecule has 2 fully saturated rings. The first-order chi connectivity index (χ1) is 12.0. The van der Waals surface area contributed by atoms with Crippen molar-refractivity contribution in [3.05, 3.63) is 28.8 Å². The van der Waals surface area contributed by atoms with Gasteiger partial charge in [0, 0.05) is 37.8 Å². The van der Waals surface area contributed by atoms with Crippen LogP contribution in [-0.4, -0.2) is 67.1 Å².